The second-order valence-corrected chi connectivity index (χ2v) is 6.92. The molecule has 1 amide bonds. The smallest absolute Gasteiger partial charge is 0.257 e. The number of hydrogen-bond acceptors (Lipinski definition) is 3. The topological polar surface area (TPSA) is 47.4 Å². The first-order valence-electron chi connectivity index (χ1n) is 9.70. The van der Waals surface area contributed by atoms with Crippen LogP contribution in [0.4, 0.5) is 0 Å². The Kier molecular flexibility index (Phi) is 6.09. The molecule has 1 aromatic heterocycles. The van der Waals surface area contributed by atoms with Gasteiger partial charge in [-0.15, -0.1) is 0 Å². The molecule has 1 aromatic carbocycles. The van der Waals surface area contributed by atoms with Gasteiger partial charge < -0.3 is 9.64 Å². The molecule has 5 heteroatoms. The van der Waals surface area contributed by atoms with Crippen molar-refractivity contribution in [2.45, 2.75) is 46.5 Å². The number of hydrogen-bond donors (Lipinski definition) is 0. The van der Waals surface area contributed by atoms with E-state index >= 15 is 0 Å². The number of nitrogens with zero attached hydrogens (tertiary/aromatic N) is 3. The summed E-state index contributed by atoms with van der Waals surface area (Å²) in [4.78, 5) is 15.2. The van der Waals surface area contributed by atoms with E-state index in [1.807, 2.05) is 9.58 Å². The van der Waals surface area contributed by atoms with Crippen LogP contribution in [0.5, 0.6) is 0 Å². The number of rotatable bonds is 6. The van der Waals surface area contributed by atoms with Crippen LogP contribution in [0.1, 0.15) is 54.0 Å². The number of aromatic nitrogens is 2. The van der Waals surface area contributed by atoms with Gasteiger partial charge in [0.1, 0.15) is 0 Å². The number of aryl methyl sites for hydroxylation is 2. The Morgan fingerprint density at radius 2 is 1.73 bits per heavy atom. The summed E-state index contributed by atoms with van der Waals surface area (Å²) in [6, 6.07) is 8.35. The number of morpholine rings is 1. The van der Waals surface area contributed by atoms with Crippen LogP contribution in [0.25, 0.3) is 5.69 Å². The van der Waals surface area contributed by atoms with Crippen LogP contribution in [0.2, 0.25) is 0 Å². The van der Waals surface area contributed by atoms with Crippen molar-refractivity contribution in [1.29, 1.82) is 0 Å². The fourth-order valence-electron chi connectivity index (χ4n) is 3.45. The number of carbonyl (C=O) groups is 1. The highest BCUT2D eigenvalue weighted by atomic mass is 16.5. The predicted molar refractivity (Wildman–Crippen MR) is 103 cm³/mol. The summed E-state index contributed by atoms with van der Waals surface area (Å²) < 4.78 is 7.40. The van der Waals surface area contributed by atoms with Crippen LogP contribution < -0.4 is 0 Å². The summed E-state index contributed by atoms with van der Waals surface area (Å²) >= 11 is 0. The fraction of sp³-hybridized carbons (Fsp3) is 0.524. The summed E-state index contributed by atoms with van der Waals surface area (Å²) in [6.45, 7) is 8.91. The maximum Gasteiger partial charge on any atom is 0.257 e. The second kappa shape index (κ2) is 8.49. The molecule has 1 aliphatic rings. The molecule has 26 heavy (non-hydrogen) atoms. The number of benzene rings is 1. The lowest BCUT2D eigenvalue weighted by Gasteiger charge is -2.27. The molecular weight excluding hydrogens is 326 g/mol. The van der Waals surface area contributed by atoms with E-state index in [9.17, 15) is 4.79 Å². The number of ether oxygens (including phenoxy) is 1. The molecule has 0 radical (unpaired) electrons. The molecule has 1 fully saturated rings. The summed E-state index contributed by atoms with van der Waals surface area (Å²) in [5, 5.41) is 4.87. The Morgan fingerprint density at radius 1 is 1.08 bits per heavy atom. The molecule has 2 aromatic rings. The third-order valence-electron chi connectivity index (χ3n) is 4.82. The maximum absolute atomic E-state index is 13.3. The van der Waals surface area contributed by atoms with Gasteiger partial charge in [-0.1, -0.05) is 44.4 Å². The largest absolute Gasteiger partial charge is 0.378 e. The fourth-order valence-corrected chi connectivity index (χ4v) is 3.45. The van der Waals surface area contributed by atoms with E-state index in [-0.39, 0.29) is 5.91 Å². The maximum atomic E-state index is 13.3. The first-order chi connectivity index (χ1) is 12.7. The van der Waals surface area contributed by atoms with Gasteiger partial charge in [-0.05, 0) is 31.9 Å². The molecule has 0 N–H and O–H groups in total. The molecule has 0 aliphatic carbocycles. The van der Waals surface area contributed by atoms with Crippen LogP contribution in [0.3, 0.4) is 0 Å². The van der Waals surface area contributed by atoms with E-state index in [0.29, 0.717) is 26.3 Å². The summed E-state index contributed by atoms with van der Waals surface area (Å²) in [5.41, 5.74) is 5.02. The van der Waals surface area contributed by atoms with Crippen LogP contribution in [0, 0.1) is 6.92 Å². The SMILES string of the molecule is CCCc1nn(-c2ccc(C)cc2)c(CCC)c1C(=O)N1CCOCC1. The standard InChI is InChI=1S/C21H29N3O2/c1-4-6-18-20(21(25)23-12-14-26-15-13-23)19(7-5-2)24(22-18)17-10-8-16(3)9-11-17/h8-11H,4-7,12-15H2,1-3H3. The van der Waals surface area contributed by atoms with Crippen molar-refractivity contribution < 1.29 is 9.53 Å². The summed E-state index contributed by atoms with van der Waals surface area (Å²) in [6.07, 6.45) is 3.61. The molecular formula is C21H29N3O2. The van der Waals surface area contributed by atoms with E-state index in [4.69, 9.17) is 9.84 Å². The highest BCUT2D eigenvalue weighted by Gasteiger charge is 2.28. The zero-order valence-electron chi connectivity index (χ0n) is 16.1. The van der Waals surface area contributed by atoms with Crippen molar-refractivity contribution in [3.63, 3.8) is 0 Å². The Morgan fingerprint density at radius 3 is 2.35 bits per heavy atom. The van der Waals surface area contributed by atoms with Crippen molar-refractivity contribution in [1.82, 2.24) is 14.7 Å². The van der Waals surface area contributed by atoms with E-state index in [1.54, 1.807) is 0 Å². The first kappa shape index (κ1) is 18.6. The van der Waals surface area contributed by atoms with E-state index in [2.05, 4.69) is 45.0 Å². The molecule has 2 heterocycles. The molecule has 140 valence electrons. The van der Waals surface area contributed by atoms with Gasteiger partial charge in [-0.25, -0.2) is 4.68 Å². The molecule has 3 rings (SSSR count). The van der Waals surface area contributed by atoms with Gasteiger partial charge in [0.15, 0.2) is 0 Å². The quantitative estimate of drug-likeness (QED) is 0.796. The van der Waals surface area contributed by atoms with Gasteiger partial charge in [0.05, 0.1) is 35.9 Å². The molecule has 1 saturated heterocycles. The average molecular weight is 355 g/mol. The van der Waals surface area contributed by atoms with Gasteiger partial charge >= 0.3 is 0 Å². The average Bonchev–Trinajstić information content (AvgIpc) is 3.01. The molecule has 0 saturated carbocycles. The van der Waals surface area contributed by atoms with Gasteiger partial charge in [0.25, 0.3) is 5.91 Å². The first-order valence-corrected chi connectivity index (χ1v) is 9.70. The van der Waals surface area contributed by atoms with Crippen LogP contribution in [-0.2, 0) is 17.6 Å². The molecule has 0 unspecified atom stereocenters. The van der Waals surface area contributed by atoms with Gasteiger partial charge in [-0.2, -0.15) is 5.10 Å². The minimum atomic E-state index is 0.110. The monoisotopic (exact) mass is 355 g/mol. The molecule has 1 aliphatic heterocycles. The van der Waals surface area contributed by atoms with E-state index in [1.165, 1.54) is 5.56 Å². The van der Waals surface area contributed by atoms with E-state index in [0.717, 1.165) is 48.3 Å². The van der Waals surface area contributed by atoms with Crippen LogP contribution >= 0.6 is 0 Å². The lowest BCUT2D eigenvalue weighted by molar-refractivity contribution is 0.0301. The van der Waals surface area contributed by atoms with Crippen LogP contribution in [0.15, 0.2) is 24.3 Å². The lowest BCUT2D eigenvalue weighted by atomic mass is 10.0. The highest BCUT2D eigenvalue weighted by Crippen LogP contribution is 2.24. The second-order valence-electron chi connectivity index (χ2n) is 6.92. The zero-order valence-corrected chi connectivity index (χ0v) is 16.1. The van der Waals surface area contributed by atoms with E-state index < -0.39 is 0 Å². The van der Waals surface area contributed by atoms with Crippen molar-refractivity contribution in [3.05, 3.63) is 46.8 Å². The molecule has 0 atom stereocenters. The summed E-state index contributed by atoms with van der Waals surface area (Å²) in [5.74, 6) is 0.110. The minimum Gasteiger partial charge on any atom is -0.378 e. The zero-order chi connectivity index (χ0) is 18.5. The Bertz CT molecular complexity index is 743. The Labute approximate surface area is 156 Å². The predicted octanol–water partition coefficient (Wildman–Crippen LogP) is 3.56. The summed E-state index contributed by atoms with van der Waals surface area (Å²) in [7, 11) is 0. The molecule has 0 bridgehead atoms. The number of carbonyl (C=O) groups excluding carboxylic acids is 1. The van der Waals surface area contributed by atoms with Crippen molar-refractivity contribution in [2.24, 2.45) is 0 Å². The number of amides is 1. The third-order valence-corrected chi connectivity index (χ3v) is 4.82. The van der Waals surface area contributed by atoms with Crippen molar-refractivity contribution in [2.75, 3.05) is 26.3 Å². The Balaban J connectivity index is 2.07. The minimum absolute atomic E-state index is 0.110. The van der Waals surface area contributed by atoms with Gasteiger partial charge in [0.2, 0.25) is 0 Å². The molecule has 5 nitrogen and oxygen atoms in total. The third kappa shape index (κ3) is 3.83. The molecule has 0 spiro atoms. The normalized spacial score (nSPS) is 14.7. The van der Waals surface area contributed by atoms with Gasteiger partial charge in [-0.3, -0.25) is 4.79 Å². The van der Waals surface area contributed by atoms with Gasteiger partial charge in [0, 0.05) is 13.1 Å². The van der Waals surface area contributed by atoms with Crippen molar-refractivity contribution >= 4 is 5.91 Å². The van der Waals surface area contributed by atoms with Crippen LogP contribution in [-0.4, -0.2) is 46.9 Å². The van der Waals surface area contributed by atoms with Crippen molar-refractivity contribution in [3.8, 4) is 5.69 Å². The highest BCUT2D eigenvalue weighted by molar-refractivity contribution is 5.96. The lowest BCUT2D eigenvalue weighted by Crippen LogP contribution is -2.41. The Hall–Kier alpha value is -2.14.